The fraction of sp³-hybridized carbons (Fsp3) is 0.350. The van der Waals surface area contributed by atoms with Crippen molar-refractivity contribution in [3.05, 3.63) is 52.7 Å². The summed E-state index contributed by atoms with van der Waals surface area (Å²) in [5.41, 5.74) is -1.27. The van der Waals surface area contributed by atoms with E-state index in [1.807, 2.05) is 0 Å². The predicted molar refractivity (Wildman–Crippen MR) is 106 cm³/mol. The maximum absolute atomic E-state index is 13.5. The fourth-order valence-electron chi connectivity index (χ4n) is 3.01. The average Bonchev–Trinajstić information content (AvgIpc) is 3.00. The Morgan fingerprint density at radius 1 is 1.13 bits per heavy atom. The lowest BCUT2D eigenvalue weighted by Gasteiger charge is -2.22. The van der Waals surface area contributed by atoms with Crippen molar-refractivity contribution in [3.63, 3.8) is 0 Å². The number of rotatable bonds is 3. The number of halogens is 4. The number of pyridine rings is 1. The van der Waals surface area contributed by atoms with Crippen molar-refractivity contribution in [3.8, 4) is 0 Å². The van der Waals surface area contributed by atoms with Crippen LogP contribution in [0.1, 0.15) is 36.7 Å². The van der Waals surface area contributed by atoms with E-state index in [-0.39, 0.29) is 18.7 Å². The minimum Gasteiger partial charge on any atom is -0.456 e. The first-order chi connectivity index (χ1) is 13.9. The van der Waals surface area contributed by atoms with Gasteiger partial charge in [0, 0.05) is 25.0 Å². The molecule has 0 saturated carbocycles. The average molecular weight is 442 g/mol. The number of carbonyl (C=O) groups excluding carboxylic acids is 2. The SMILES string of the molecule is CC(C)(C)OC(=O)c1cccc(N2CCN(c3nccc(Cl)c3C(F)(F)F)C2=O)c1. The number of ether oxygens (including phenoxy) is 1. The molecule has 0 unspecified atom stereocenters. The first-order valence-corrected chi connectivity index (χ1v) is 9.40. The van der Waals surface area contributed by atoms with Crippen LogP contribution in [-0.2, 0) is 10.9 Å². The zero-order valence-corrected chi connectivity index (χ0v) is 17.2. The lowest BCUT2D eigenvalue weighted by Crippen LogP contribution is -2.33. The Bertz CT molecular complexity index is 989. The van der Waals surface area contributed by atoms with Crippen LogP contribution in [-0.4, -0.2) is 35.7 Å². The summed E-state index contributed by atoms with van der Waals surface area (Å²) in [4.78, 5) is 31.1. The second kappa shape index (κ2) is 7.79. The maximum Gasteiger partial charge on any atom is 0.421 e. The van der Waals surface area contributed by atoms with Crippen molar-refractivity contribution in [1.82, 2.24) is 4.98 Å². The lowest BCUT2D eigenvalue weighted by molar-refractivity contribution is -0.137. The van der Waals surface area contributed by atoms with Gasteiger partial charge in [-0.25, -0.2) is 14.6 Å². The number of hydrogen-bond donors (Lipinski definition) is 0. The summed E-state index contributed by atoms with van der Waals surface area (Å²) in [5, 5.41) is -0.536. The number of carbonyl (C=O) groups is 2. The molecule has 160 valence electrons. The Hall–Kier alpha value is -2.81. The molecule has 0 bridgehead atoms. The van der Waals surface area contributed by atoms with Crippen LogP contribution in [0.15, 0.2) is 36.5 Å². The topological polar surface area (TPSA) is 62.7 Å². The third kappa shape index (κ3) is 4.51. The molecule has 0 N–H and O–H groups in total. The van der Waals surface area contributed by atoms with Crippen LogP contribution in [0.25, 0.3) is 0 Å². The number of benzene rings is 1. The van der Waals surface area contributed by atoms with Crippen LogP contribution in [0.2, 0.25) is 5.02 Å². The number of hydrogen-bond acceptors (Lipinski definition) is 4. The molecule has 10 heteroatoms. The summed E-state index contributed by atoms with van der Waals surface area (Å²) in [6.45, 7) is 5.28. The van der Waals surface area contributed by atoms with Crippen LogP contribution in [0.5, 0.6) is 0 Å². The van der Waals surface area contributed by atoms with E-state index >= 15 is 0 Å². The molecule has 30 heavy (non-hydrogen) atoms. The van der Waals surface area contributed by atoms with Gasteiger partial charge < -0.3 is 4.74 Å². The summed E-state index contributed by atoms with van der Waals surface area (Å²) < 4.78 is 45.7. The van der Waals surface area contributed by atoms with Gasteiger partial charge in [-0.15, -0.1) is 0 Å². The molecule has 2 amide bonds. The standard InChI is InChI=1S/C20H19ClF3N3O3/c1-19(2,3)30-17(28)12-5-4-6-13(11-12)26-9-10-27(18(26)29)16-15(20(22,23)24)14(21)7-8-25-16/h4-8,11H,9-10H2,1-3H3. The Morgan fingerprint density at radius 3 is 2.43 bits per heavy atom. The molecule has 0 radical (unpaired) electrons. The number of esters is 1. The van der Waals surface area contributed by atoms with E-state index in [4.69, 9.17) is 16.3 Å². The van der Waals surface area contributed by atoms with Gasteiger partial charge in [0.2, 0.25) is 0 Å². The molecule has 2 heterocycles. The van der Waals surface area contributed by atoms with Crippen LogP contribution in [0.4, 0.5) is 29.5 Å². The molecule has 0 atom stereocenters. The largest absolute Gasteiger partial charge is 0.456 e. The van der Waals surface area contributed by atoms with Gasteiger partial charge >= 0.3 is 18.2 Å². The molecule has 1 fully saturated rings. The van der Waals surface area contributed by atoms with Gasteiger partial charge in [0.05, 0.1) is 10.6 Å². The van der Waals surface area contributed by atoms with E-state index in [2.05, 4.69) is 4.98 Å². The van der Waals surface area contributed by atoms with E-state index in [1.54, 1.807) is 32.9 Å². The number of nitrogens with zero attached hydrogens (tertiary/aromatic N) is 3. The van der Waals surface area contributed by atoms with Crippen molar-refractivity contribution in [2.24, 2.45) is 0 Å². The van der Waals surface area contributed by atoms with Gasteiger partial charge in [-0.2, -0.15) is 13.2 Å². The Morgan fingerprint density at radius 2 is 1.80 bits per heavy atom. The molecule has 1 aliphatic heterocycles. The molecule has 1 saturated heterocycles. The summed E-state index contributed by atoms with van der Waals surface area (Å²) >= 11 is 5.74. The molecule has 1 aromatic carbocycles. The highest BCUT2D eigenvalue weighted by molar-refractivity contribution is 6.32. The van der Waals surface area contributed by atoms with Gasteiger partial charge in [-0.05, 0) is 45.0 Å². The van der Waals surface area contributed by atoms with Crippen molar-refractivity contribution >= 4 is 35.1 Å². The zero-order chi connectivity index (χ0) is 22.3. The van der Waals surface area contributed by atoms with Crippen molar-refractivity contribution in [1.29, 1.82) is 0 Å². The molecule has 0 spiro atoms. The van der Waals surface area contributed by atoms with Crippen molar-refractivity contribution in [2.75, 3.05) is 22.9 Å². The minimum atomic E-state index is -4.77. The highest BCUT2D eigenvalue weighted by Crippen LogP contribution is 2.41. The first-order valence-electron chi connectivity index (χ1n) is 9.02. The van der Waals surface area contributed by atoms with E-state index in [0.717, 1.165) is 17.2 Å². The van der Waals surface area contributed by atoms with E-state index in [1.165, 1.54) is 17.0 Å². The monoisotopic (exact) mass is 441 g/mol. The van der Waals surface area contributed by atoms with Gasteiger partial charge in [0.1, 0.15) is 11.2 Å². The first kappa shape index (κ1) is 21.9. The lowest BCUT2D eigenvalue weighted by atomic mass is 10.1. The highest BCUT2D eigenvalue weighted by Gasteiger charge is 2.42. The maximum atomic E-state index is 13.5. The number of anilines is 2. The molecule has 1 aromatic heterocycles. The fourth-order valence-corrected chi connectivity index (χ4v) is 3.25. The van der Waals surface area contributed by atoms with E-state index in [0.29, 0.717) is 5.69 Å². The second-order valence-corrected chi connectivity index (χ2v) is 8.03. The molecule has 1 aliphatic rings. The number of amides is 2. The minimum absolute atomic E-state index is 0.0219. The number of urea groups is 1. The summed E-state index contributed by atoms with van der Waals surface area (Å²) in [6, 6.07) is 6.49. The summed E-state index contributed by atoms with van der Waals surface area (Å²) in [5.74, 6) is -1.12. The van der Waals surface area contributed by atoms with Crippen LogP contribution >= 0.6 is 11.6 Å². The van der Waals surface area contributed by atoms with Crippen LogP contribution in [0.3, 0.4) is 0 Å². The van der Waals surface area contributed by atoms with Gasteiger partial charge in [0.15, 0.2) is 5.82 Å². The van der Waals surface area contributed by atoms with E-state index < -0.39 is 40.2 Å². The Balaban J connectivity index is 1.90. The van der Waals surface area contributed by atoms with Crippen LogP contribution in [0, 0.1) is 0 Å². The second-order valence-electron chi connectivity index (χ2n) is 7.63. The smallest absolute Gasteiger partial charge is 0.421 e. The summed E-state index contributed by atoms with van der Waals surface area (Å²) in [6.07, 6.45) is -3.66. The predicted octanol–water partition coefficient (Wildman–Crippen LogP) is 5.16. The molecular weight excluding hydrogens is 423 g/mol. The third-order valence-electron chi connectivity index (χ3n) is 4.22. The van der Waals surface area contributed by atoms with Gasteiger partial charge in [0.25, 0.3) is 0 Å². The van der Waals surface area contributed by atoms with Crippen molar-refractivity contribution in [2.45, 2.75) is 32.5 Å². The quantitative estimate of drug-likeness (QED) is 0.617. The zero-order valence-electron chi connectivity index (χ0n) is 16.5. The molecule has 3 rings (SSSR count). The molecule has 2 aromatic rings. The molecule has 0 aliphatic carbocycles. The normalized spacial score (nSPS) is 15.0. The highest BCUT2D eigenvalue weighted by atomic mass is 35.5. The Labute approximate surface area is 176 Å². The van der Waals surface area contributed by atoms with Gasteiger partial charge in [-0.1, -0.05) is 17.7 Å². The van der Waals surface area contributed by atoms with Crippen LogP contribution < -0.4 is 9.80 Å². The third-order valence-corrected chi connectivity index (χ3v) is 4.54. The number of aromatic nitrogens is 1. The number of alkyl halides is 3. The Kier molecular flexibility index (Phi) is 5.68. The van der Waals surface area contributed by atoms with Crippen molar-refractivity contribution < 1.29 is 27.5 Å². The summed E-state index contributed by atoms with van der Waals surface area (Å²) in [7, 11) is 0. The molecular formula is C20H19ClF3N3O3. The van der Waals surface area contributed by atoms with E-state index in [9.17, 15) is 22.8 Å². The molecule has 6 nitrogen and oxygen atoms in total. The van der Waals surface area contributed by atoms with Gasteiger partial charge in [-0.3, -0.25) is 9.80 Å².